The second kappa shape index (κ2) is 7.83. The summed E-state index contributed by atoms with van der Waals surface area (Å²) in [5.41, 5.74) is 1.95. The van der Waals surface area contributed by atoms with Gasteiger partial charge in [0, 0.05) is 36.6 Å². The number of thioether (sulfide) groups is 1. The van der Waals surface area contributed by atoms with Crippen molar-refractivity contribution in [3.8, 4) is 0 Å². The van der Waals surface area contributed by atoms with Gasteiger partial charge in [-0.15, -0.1) is 0 Å². The minimum absolute atomic E-state index is 0.0724. The molecule has 2 atom stereocenters. The quantitative estimate of drug-likeness (QED) is 0.745. The lowest BCUT2D eigenvalue weighted by Crippen LogP contribution is -2.38. The van der Waals surface area contributed by atoms with Crippen LogP contribution >= 0.6 is 11.8 Å². The molecular formula is C19H27N3O3S2. The van der Waals surface area contributed by atoms with E-state index in [1.165, 1.54) is 11.8 Å². The molecule has 1 aromatic rings. The van der Waals surface area contributed by atoms with Crippen molar-refractivity contribution in [2.24, 2.45) is 10.9 Å². The first-order valence-corrected chi connectivity index (χ1v) is 12.0. The number of nitrogens with zero attached hydrogens (tertiary/aromatic N) is 3. The number of aliphatic imine (C=N–C) groups is 1. The van der Waals surface area contributed by atoms with Crippen molar-refractivity contribution in [3.63, 3.8) is 0 Å². The van der Waals surface area contributed by atoms with Gasteiger partial charge in [-0.25, -0.2) is 8.42 Å². The number of amides is 1. The van der Waals surface area contributed by atoms with E-state index >= 15 is 0 Å². The molecule has 2 aliphatic heterocycles. The van der Waals surface area contributed by atoms with Gasteiger partial charge in [0.25, 0.3) is 5.91 Å². The van der Waals surface area contributed by atoms with E-state index in [9.17, 15) is 13.2 Å². The Kier molecular flexibility index (Phi) is 5.86. The average Bonchev–Trinajstić information content (AvgIpc) is 3.06. The Morgan fingerprint density at radius 3 is 2.41 bits per heavy atom. The Morgan fingerprint density at radius 1 is 1.22 bits per heavy atom. The van der Waals surface area contributed by atoms with E-state index in [1.54, 1.807) is 0 Å². The van der Waals surface area contributed by atoms with Crippen LogP contribution in [-0.4, -0.2) is 56.4 Å². The van der Waals surface area contributed by atoms with Gasteiger partial charge in [0.15, 0.2) is 15.0 Å². The van der Waals surface area contributed by atoms with Gasteiger partial charge in [0.2, 0.25) is 0 Å². The van der Waals surface area contributed by atoms with Crippen molar-refractivity contribution in [3.05, 3.63) is 24.3 Å². The molecule has 2 aliphatic rings. The summed E-state index contributed by atoms with van der Waals surface area (Å²) in [4.78, 5) is 21.0. The smallest absolute Gasteiger partial charge is 0.251 e. The molecule has 6 nitrogen and oxygen atoms in total. The standard InChI is InChI=1S/C19H27N3O3S2/c1-5-13(6-2)18(23)20-19-22(15-9-7-14(8-10-15)21(3)4)16-11-27(24,25)12-17(16)26-19/h7-10,13,16-17H,5-6,11-12H2,1-4H3/t16-,17-/m1/s1. The van der Waals surface area contributed by atoms with Gasteiger partial charge in [-0.1, -0.05) is 25.6 Å². The summed E-state index contributed by atoms with van der Waals surface area (Å²) in [7, 11) is 0.891. The molecule has 0 aliphatic carbocycles. The minimum atomic E-state index is -3.06. The summed E-state index contributed by atoms with van der Waals surface area (Å²) < 4.78 is 24.3. The van der Waals surface area contributed by atoms with Crippen molar-refractivity contribution in [1.29, 1.82) is 0 Å². The van der Waals surface area contributed by atoms with E-state index < -0.39 is 9.84 Å². The molecule has 8 heteroatoms. The molecule has 0 radical (unpaired) electrons. The molecule has 2 saturated heterocycles. The van der Waals surface area contributed by atoms with Crippen LogP contribution in [0.25, 0.3) is 0 Å². The molecule has 0 bridgehead atoms. The van der Waals surface area contributed by atoms with Gasteiger partial charge < -0.3 is 9.80 Å². The van der Waals surface area contributed by atoms with Gasteiger partial charge in [0.05, 0.1) is 17.5 Å². The Balaban J connectivity index is 1.96. The fourth-order valence-corrected chi connectivity index (χ4v) is 7.52. The van der Waals surface area contributed by atoms with Crippen LogP contribution in [0.5, 0.6) is 0 Å². The Morgan fingerprint density at radius 2 is 1.85 bits per heavy atom. The third-order valence-corrected chi connectivity index (χ3v) is 8.46. The van der Waals surface area contributed by atoms with Gasteiger partial charge in [-0.2, -0.15) is 4.99 Å². The van der Waals surface area contributed by atoms with Crippen LogP contribution in [0.4, 0.5) is 11.4 Å². The fourth-order valence-electron chi connectivity index (χ4n) is 3.60. The summed E-state index contributed by atoms with van der Waals surface area (Å²) in [6.07, 6.45) is 1.52. The number of anilines is 2. The second-order valence-corrected chi connectivity index (χ2v) is 10.7. The molecule has 3 rings (SSSR count). The topological polar surface area (TPSA) is 70.0 Å². The molecule has 0 unspecified atom stereocenters. The second-order valence-electron chi connectivity index (χ2n) is 7.33. The highest BCUT2D eigenvalue weighted by molar-refractivity contribution is 8.16. The largest absolute Gasteiger partial charge is 0.378 e. The molecule has 0 saturated carbocycles. The predicted molar refractivity (Wildman–Crippen MR) is 114 cm³/mol. The van der Waals surface area contributed by atoms with Crippen LogP contribution < -0.4 is 9.80 Å². The zero-order chi connectivity index (χ0) is 19.8. The van der Waals surface area contributed by atoms with E-state index in [2.05, 4.69) is 4.99 Å². The molecular weight excluding hydrogens is 382 g/mol. The molecule has 27 heavy (non-hydrogen) atoms. The number of fused-ring (bicyclic) bond motifs is 1. The molecule has 1 aromatic carbocycles. The van der Waals surface area contributed by atoms with Crippen LogP contribution in [0.2, 0.25) is 0 Å². The number of rotatable bonds is 5. The average molecular weight is 410 g/mol. The SMILES string of the molecule is CCC(CC)C(=O)N=C1S[C@@H]2CS(=O)(=O)C[C@H]2N1c1ccc(N(C)C)cc1. The first kappa shape index (κ1) is 20.2. The van der Waals surface area contributed by atoms with E-state index in [0.29, 0.717) is 5.17 Å². The third kappa shape index (κ3) is 4.16. The first-order valence-electron chi connectivity index (χ1n) is 9.32. The maximum atomic E-state index is 12.6. The number of benzene rings is 1. The Labute approximate surface area is 165 Å². The lowest BCUT2D eigenvalue weighted by molar-refractivity contribution is -0.121. The normalized spacial score (nSPS) is 25.2. The summed E-state index contributed by atoms with van der Waals surface area (Å²) in [5.74, 6) is 0.0611. The molecule has 0 spiro atoms. The summed E-state index contributed by atoms with van der Waals surface area (Å²) in [5, 5.41) is 0.561. The highest BCUT2D eigenvalue weighted by atomic mass is 32.2. The molecule has 2 heterocycles. The molecule has 148 valence electrons. The van der Waals surface area contributed by atoms with Crippen molar-refractivity contribution < 1.29 is 13.2 Å². The van der Waals surface area contributed by atoms with E-state index in [1.807, 2.05) is 62.0 Å². The number of hydrogen-bond donors (Lipinski definition) is 0. The number of carbonyl (C=O) groups excluding carboxylic acids is 1. The van der Waals surface area contributed by atoms with Crippen molar-refractivity contribution in [2.75, 3.05) is 35.4 Å². The zero-order valence-electron chi connectivity index (χ0n) is 16.3. The maximum Gasteiger partial charge on any atom is 0.251 e. The van der Waals surface area contributed by atoms with E-state index in [-0.39, 0.29) is 34.6 Å². The highest BCUT2D eigenvalue weighted by Crippen LogP contribution is 2.41. The number of carbonyl (C=O) groups is 1. The van der Waals surface area contributed by atoms with Crippen molar-refractivity contribution in [2.45, 2.75) is 38.0 Å². The lowest BCUT2D eigenvalue weighted by atomic mass is 10.0. The van der Waals surface area contributed by atoms with Crippen LogP contribution in [0.15, 0.2) is 29.3 Å². The van der Waals surface area contributed by atoms with E-state index in [0.717, 1.165) is 24.2 Å². The highest BCUT2D eigenvalue weighted by Gasteiger charge is 2.49. The minimum Gasteiger partial charge on any atom is -0.378 e. The van der Waals surface area contributed by atoms with Gasteiger partial charge in [0.1, 0.15) is 0 Å². The monoisotopic (exact) mass is 409 g/mol. The lowest BCUT2D eigenvalue weighted by Gasteiger charge is -2.25. The molecule has 0 aromatic heterocycles. The third-order valence-electron chi connectivity index (χ3n) is 5.25. The van der Waals surface area contributed by atoms with Crippen LogP contribution in [0.1, 0.15) is 26.7 Å². The molecule has 1 amide bonds. The van der Waals surface area contributed by atoms with Crippen molar-refractivity contribution in [1.82, 2.24) is 0 Å². The zero-order valence-corrected chi connectivity index (χ0v) is 17.9. The fraction of sp³-hybridized carbons (Fsp3) is 0.579. The maximum absolute atomic E-state index is 12.6. The number of amidine groups is 1. The molecule has 2 fully saturated rings. The summed E-state index contributed by atoms with van der Waals surface area (Å²) >= 11 is 1.43. The van der Waals surface area contributed by atoms with E-state index in [4.69, 9.17) is 0 Å². The van der Waals surface area contributed by atoms with Gasteiger partial charge in [-0.05, 0) is 37.1 Å². The molecule has 0 N–H and O–H groups in total. The summed E-state index contributed by atoms with van der Waals surface area (Å²) in [6, 6.07) is 7.77. The van der Waals surface area contributed by atoms with Crippen LogP contribution in [-0.2, 0) is 14.6 Å². The van der Waals surface area contributed by atoms with Gasteiger partial charge >= 0.3 is 0 Å². The van der Waals surface area contributed by atoms with Crippen molar-refractivity contribution >= 4 is 44.0 Å². The number of sulfone groups is 1. The summed E-state index contributed by atoms with van der Waals surface area (Å²) in [6.45, 7) is 3.99. The number of hydrogen-bond acceptors (Lipinski definition) is 5. The van der Waals surface area contributed by atoms with Crippen LogP contribution in [0, 0.1) is 5.92 Å². The van der Waals surface area contributed by atoms with Crippen LogP contribution in [0.3, 0.4) is 0 Å². The van der Waals surface area contributed by atoms with Gasteiger partial charge in [-0.3, -0.25) is 4.79 Å². The Hall–Kier alpha value is -1.54. The Bertz CT molecular complexity index is 830. The first-order chi connectivity index (χ1) is 12.8. The predicted octanol–water partition coefficient (Wildman–Crippen LogP) is 2.79.